The van der Waals surface area contributed by atoms with Crippen LogP contribution in [0.2, 0.25) is 0 Å². The number of hydrogen-bond acceptors (Lipinski definition) is 4. The first kappa shape index (κ1) is 20.6. The molecule has 3 aliphatic rings. The summed E-state index contributed by atoms with van der Waals surface area (Å²) in [6, 6.07) is 31.9. The number of thiophene rings is 1. The summed E-state index contributed by atoms with van der Waals surface area (Å²) in [7, 11) is 0. The summed E-state index contributed by atoms with van der Waals surface area (Å²) in [4.78, 5) is 9.95. The largest absolute Gasteiger partial charge is 0.478 e. The Hall–Kier alpha value is -4.48. The third-order valence-electron chi connectivity index (χ3n) is 8.22. The number of fused-ring (bicyclic) bond motifs is 11. The maximum atomic E-state index is 6.93. The molecule has 0 fully saturated rings. The molecule has 5 heteroatoms. The molecule has 2 atom stereocenters. The van der Waals surface area contributed by atoms with Crippen molar-refractivity contribution in [3.63, 3.8) is 0 Å². The summed E-state index contributed by atoms with van der Waals surface area (Å²) in [5.41, 5.74) is 6.04. The third-order valence-corrected chi connectivity index (χ3v) is 9.36. The van der Waals surface area contributed by atoms with Crippen LogP contribution < -0.4 is 4.74 Å². The zero-order chi connectivity index (χ0) is 25.0. The van der Waals surface area contributed by atoms with Crippen LogP contribution in [0.3, 0.4) is 0 Å². The monoisotopic (exact) mass is 507 g/mol. The van der Waals surface area contributed by atoms with Gasteiger partial charge in [0, 0.05) is 42.9 Å². The van der Waals surface area contributed by atoms with Crippen LogP contribution in [0.15, 0.2) is 107 Å². The van der Waals surface area contributed by atoms with Crippen LogP contribution in [-0.4, -0.2) is 16.6 Å². The van der Waals surface area contributed by atoms with Gasteiger partial charge in [0.1, 0.15) is 5.75 Å². The van der Waals surface area contributed by atoms with Gasteiger partial charge in [0.2, 0.25) is 0 Å². The van der Waals surface area contributed by atoms with Crippen molar-refractivity contribution in [3.8, 4) is 11.4 Å². The summed E-state index contributed by atoms with van der Waals surface area (Å²) < 4.78 is 12.0. The van der Waals surface area contributed by atoms with Gasteiger partial charge in [0.05, 0.1) is 28.5 Å². The molecule has 0 N–H and O–H groups in total. The average Bonchev–Trinajstić information content (AvgIpc) is 3.50. The number of aliphatic imine (C=N–C) groups is 2. The second-order valence-corrected chi connectivity index (χ2v) is 11.4. The van der Waals surface area contributed by atoms with Crippen molar-refractivity contribution in [3.05, 3.63) is 114 Å². The highest BCUT2D eigenvalue weighted by atomic mass is 32.1. The smallest absolute Gasteiger partial charge is 0.160 e. The topological polar surface area (TPSA) is 38.9 Å². The second-order valence-electron chi connectivity index (χ2n) is 10.3. The van der Waals surface area contributed by atoms with E-state index in [0.29, 0.717) is 0 Å². The predicted octanol–water partition coefficient (Wildman–Crippen LogP) is 8.11. The normalized spacial score (nSPS) is 21.0. The van der Waals surface area contributed by atoms with E-state index in [1.807, 2.05) is 35.8 Å². The highest BCUT2D eigenvalue weighted by Crippen LogP contribution is 2.55. The van der Waals surface area contributed by atoms with E-state index < -0.39 is 5.60 Å². The average molecular weight is 508 g/mol. The Morgan fingerprint density at radius 2 is 1.66 bits per heavy atom. The van der Waals surface area contributed by atoms with Crippen molar-refractivity contribution >= 4 is 60.5 Å². The Kier molecular flexibility index (Phi) is 3.83. The van der Waals surface area contributed by atoms with Crippen LogP contribution in [-0.2, 0) is 5.60 Å². The lowest BCUT2D eigenvalue weighted by molar-refractivity contribution is 0.0481. The highest BCUT2D eigenvalue weighted by molar-refractivity contribution is 7.26. The van der Waals surface area contributed by atoms with Gasteiger partial charge in [0.15, 0.2) is 11.4 Å². The van der Waals surface area contributed by atoms with E-state index in [4.69, 9.17) is 14.7 Å². The van der Waals surface area contributed by atoms with E-state index in [9.17, 15) is 0 Å². The maximum absolute atomic E-state index is 6.93. The molecule has 0 spiro atoms. The number of para-hydroxylation sites is 2. The molecule has 9 rings (SSSR count). The van der Waals surface area contributed by atoms with Crippen molar-refractivity contribution in [1.29, 1.82) is 0 Å². The van der Waals surface area contributed by atoms with Crippen molar-refractivity contribution in [2.45, 2.75) is 12.5 Å². The maximum Gasteiger partial charge on any atom is 0.160 e. The van der Waals surface area contributed by atoms with Crippen LogP contribution >= 0.6 is 11.3 Å². The van der Waals surface area contributed by atoms with Gasteiger partial charge in [-0.1, -0.05) is 66.7 Å². The minimum absolute atomic E-state index is 0.103. The van der Waals surface area contributed by atoms with E-state index in [1.54, 1.807) is 0 Å². The zero-order valence-corrected chi connectivity index (χ0v) is 21.4. The quantitative estimate of drug-likeness (QED) is 0.222. The van der Waals surface area contributed by atoms with Crippen molar-refractivity contribution < 1.29 is 4.74 Å². The summed E-state index contributed by atoms with van der Waals surface area (Å²) in [5.74, 6) is 1.52. The molecule has 0 amide bonds. The molecule has 4 nitrogen and oxygen atoms in total. The summed E-state index contributed by atoms with van der Waals surface area (Å²) in [6.45, 7) is 2.20. The van der Waals surface area contributed by atoms with Gasteiger partial charge in [-0.05, 0) is 37.3 Å². The van der Waals surface area contributed by atoms with Gasteiger partial charge in [-0.25, -0.2) is 9.98 Å². The number of benzene rings is 4. The molecule has 0 saturated carbocycles. The fourth-order valence-corrected chi connectivity index (χ4v) is 7.67. The molecule has 2 aliphatic heterocycles. The molecule has 180 valence electrons. The van der Waals surface area contributed by atoms with E-state index in [0.717, 1.165) is 28.5 Å². The number of nitrogens with zero attached hydrogens (tertiary/aromatic N) is 3. The predicted molar refractivity (Wildman–Crippen MR) is 157 cm³/mol. The summed E-state index contributed by atoms with van der Waals surface area (Å²) in [6.07, 6.45) is 4.31. The van der Waals surface area contributed by atoms with Gasteiger partial charge < -0.3 is 9.30 Å². The summed E-state index contributed by atoms with van der Waals surface area (Å²) >= 11 is 1.86. The van der Waals surface area contributed by atoms with Gasteiger partial charge in [-0.2, -0.15) is 0 Å². The number of rotatable bonds is 1. The molecule has 2 unspecified atom stereocenters. The first-order chi connectivity index (χ1) is 18.7. The second kappa shape index (κ2) is 7.09. The van der Waals surface area contributed by atoms with E-state index in [1.165, 1.54) is 42.3 Å². The Balaban J connectivity index is 1.43. The third kappa shape index (κ3) is 2.49. The van der Waals surface area contributed by atoms with Gasteiger partial charge in [0.25, 0.3) is 0 Å². The number of hydrogen-bond donors (Lipinski definition) is 0. The molecular weight excluding hydrogens is 486 g/mol. The molecular formula is C33H21N3OS. The molecule has 4 aromatic carbocycles. The SMILES string of the molecule is CC12Oc3ccccc3-n3c1c(c1ccc4sc5ccccc5c4c13)C=C1N=C(c3ccccc3)N=CC12. The minimum Gasteiger partial charge on any atom is -0.478 e. The Bertz CT molecular complexity index is 2080. The van der Waals surface area contributed by atoms with Crippen LogP contribution in [0.5, 0.6) is 5.75 Å². The van der Waals surface area contributed by atoms with Crippen LogP contribution in [0.4, 0.5) is 0 Å². The lowest BCUT2D eigenvalue weighted by Gasteiger charge is -2.44. The fourth-order valence-electron chi connectivity index (χ4n) is 6.56. The molecule has 1 aliphatic carbocycles. The van der Waals surface area contributed by atoms with Gasteiger partial charge in [-0.15, -0.1) is 11.3 Å². The zero-order valence-electron chi connectivity index (χ0n) is 20.6. The van der Waals surface area contributed by atoms with Crippen molar-refractivity contribution in [1.82, 2.24) is 4.57 Å². The molecule has 6 aromatic rings. The molecule has 0 radical (unpaired) electrons. The van der Waals surface area contributed by atoms with Crippen LogP contribution in [0, 0.1) is 5.92 Å². The minimum atomic E-state index is -0.653. The first-order valence-corrected chi connectivity index (χ1v) is 13.7. The van der Waals surface area contributed by atoms with E-state index in [2.05, 4.69) is 90.4 Å². The van der Waals surface area contributed by atoms with Crippen LogP contribution in [0.1, 0.15) is 23.7 Å². The molecule has 38 heavy (non-hydrogen) atoms. The Labute approximate surface area is 222 Å². The van der Waals surface area contributed by atoms with E-state index >= 15 is 0 Å². The lowest BCUT2D eigenvalue weighted by Crippen LogP contribution is -2.46. The molecule has 0 bridgehead atoms. The first-order valence-electron chi connectivity index (χ1n) is 12.9. The lowest BCUT2D eigenvalue weighted by atomic mass is 9.76. The van der Waals surface area contributed by atoms with Crippen LogP contribution in [0.25, 0.3) is 42.8 Å². The van der Waals surface area contributed by atoms with Gasteiger partial charge >= 0.3 is 0 Å². The number of amidine groups is 1. The van der Waals surface area contributed by atoms with E-state index in [-0.39, 0.29) is 5.92 Å². The fraction of sp³-hybridized carbons (Fsp3) is 0.0909. The molecule has 4 heterocycles. The number of aromatic nitrogens is 1. The standard InChI is InChI=1S/C33H21N3OS/c1-33-23-18-34-32(19-9-3-2-4-10-19)35-24(23)17-22-20-15-16-28-29(21-11-5-8-14-27(21)38-28)30(20)36(31(22)33)25-12-6-7-13-26(25)37-33/h2-18,23H,1H3. The summed E-state index contributed by atoms with van der Waals surface area (Å²) in [5, 5.41) is 3.83. The highest BCUT2D eigenvalue weighted by Gasteiger charge is 2.51. The Morgan fingerprint density at radius 3 is 2.58 bits per heavy atom. The van der Waals surface area contributed by atoms with Crippen molar-refractivity contribution in [2.24, 2.45) is 15.9 Å². The van der Waals surface area contributed by atoms with Crippen molar-refractivity contribution in [2.75, 3.05) is 0 Å². The molecule has 0 saturated heterocycles. The molecule has 2 aromatic heterocycles. The Morgan fingerprint density at radius 1 is 0.842 bits per heavy atom. The van der Waals surface area contributed by atoms with Gasteiger partial charge in [-0.3, -0.25) is 0 Å². The number of ether oxygens (including phenoxy) is 1.